The molecule has 1 nitrogen and oxygen atoms in total. The summed E-state index contributed by atoms with van der Waals surface area (Å²) < 4.78 is 13.7. The van der Waals surface area contributed by atoms with Gasteiger partial charge < -0.3 is 5.32 Å². The van der Waals surface area contributed by atoms with Gasteiger partial charge in [0.25, 0.3) is 0 Å². The Hall–Kier alpha value is -0.800. The topological polar surface area (TPSA) is 12.0 Å². The molecule has 0 radical (unpaired) electrons. The van der Waals surface area contributed by atoms with E-state index in [1.807, 2.05) is 6.07 Å². The molecule has 0 aromatic heterocycles. The minimum absolute atomic E-state index is 0.108. The number of rotatable bonds is 5. The van der Waals surface area contributed by atoms with Crippen molar-refractivity contribution in [2.75, 3.05) is 6.54 Å². The monoisotopic (exact) mass is 345 g/mol. The van der Waals surface area contributed by atoms with E-state index in [1.165, 1.54) is 6.07 Å². The Bertz CT molecular complexity index is 631. The first-order chi connectivity index (χ1) is 10.0. The highest BCUT2D eigenvalue weighted by Crippen LogP contribution is 2.34. The summed E-state index contributed by atoms with van der Waals surface area (Å²) in [6, 6.07) is 9.76. The first kappa shape index (κ1) is 16.6. The van der Waals surface area contributed by atoms with E-state index in [-0.39, 0.29) is 11.1 Å². The lowest BCUT2D eigenvalue weighted by Crippen LogP contribution is -2.24. The molecule has 21 heavy (non-hydrogen) atoms. The Morgan fingerprint density at radius 2 is 1.86 bits per heavy atom. The van der Waals surface area contributed by atoms with E-state index >= 15 is 0 Å². The summed E-state index contributed by atoms with van der Waals surface area (Å²) in [5.74, 6) is -0.442. The van der Waals surface area contributed by atoms with Gasteiger partial charge in [-0.1, -0.05) is 59.9 Å². The molecule has 0 saturated heterocycles. The lowest BCUT2D eigenvalue weighted by Gasteiger charge is -2.22. The van der Waals surface area contributed by atoms with Crippen LogP contribution in [0.15, 0.2) is 36.4 Å². The third kappa shape index (κ3) is 3.89. The van der Waals surface area contributed by atoms with Crippen LogP contribution in [-0.2, 0) is 0 Å². The molecule has 5 heteroatoms. The van der Waals surface area contributed by atoms with Crippen LogP contribution < -0.4 is 5.32 Å². The zero-order valence-corrected chi connectivity index (χ0v) is 13.7. The van der Waals surface area contributed by atoms with Gasteiger partial charge in [-0.3, -0.25) is 0 Å². The normalized spacial score (nSPS) is 12.4. The molecular weight excluding hydrogens is 332 g/mol. The van der Waals surface area contributed by atoms with Crippen molar-refractivity contribution < 1.29 is 4.39 Å². The lowest BCUT2D eigenvalue weighted by atomic mass is 9.98. The van der Waals surface area contributed by atoms with Crippen molar-refractivity contribution in [3.63, 3.8) is 0 Å². The molecule has 0 fully saturated rings. The first-order valence-corrected chi connectivity index (χ1v) is 7.80. The summed E-state index contributed by atoms with van der Waals surface area (Å²) in [5, 5.41) is 4.54. The zero-order valence-electron chi connectivity index (χ0n) is 11.5. The molecule has 0 saturated carbocycles. The summed E-state index contributed by atoms with van der Waals surface area (Å²) in [5.41, 5.74) is 1.48. The minimum Gasteiger partial charge on any atom is -0.306 e. The predicted octanol–water partition coefficient (Wildman–Crippen LogP) is 5.87. The van der Waals surface area contributed by atoms with Gasteiger partial charge in [-0.05, 0) is 42.3 Å². The molecular formula is C16H15Cl3FN. The summed E-state index contributed by atoms with van der Waals surface area (Å²) in [6.07, 6.45) is 0.939. The average molecular weight is 347 g/mol. The predicted molar refractivity (Wildman–Crippen MR) is 88.0 cm³/mol. The zero-order chi connectivity index (χ0) is 15.4. The van der Waals surface area contributed by atoms with Crippen LogP contribution in [0.4, 0.5) is 4.39 Å². The average Bonchev–Trinajstić information content (AvgIpc) is 2.45. The second kappa shape index (κ2) is 7.46. The fraction of sp³-hybridized carbons (Fsp3) is 0.250. The maximum Gasteiger partial charge on any atom is 0.142 e. The highest BCUT2D eigenvalue weighted by molar-refractivity contribution is 6.35. The molecule has 0 aliphatic heterocycles. The molecule has 2 aromatic carbocycles. The van der Waals surface area contributed by atoms with Gasteiger partial charge in [-0.25, -0.2) is 4.39 Å². The van der Waals surface area contributed by atoms with Gasteiger partial charge in [0.15, 0.2) is 0 Å². The molecule has 0 aliphatic rings. The van der Waals surface area contributed by atoms with Crippen LogP contribution in [0.2, 0.25) is 15.1 Å². The van der Waals surface area contributed by atoms with Crippen LogP contribution >= 0.6 is 34.8 Å². The Labute approximate surface area is 139 Å². The molecule has 1 N–H and O–H groups in total. The largest absolute Gasteiger partial charge is 0.306 e. The van der Waals surface area contributed by atoms with Crippen LogP contribution in [0.1, 0.15) is 30.5 Å². The Balaban J connectivity index is 2.49. The van der Waals surface area contributed by atoms with Crippen molar-refractivity contribution in [3.8, 4) is 0 Å². The van der Waals surface area contributed by atoms with Crippen molar-refractivity contribution >= 4 is 34.8 Å². The molecule has 0 heterocycles. The van der Waals surface area contributed by atoms with E-state index in [0.29, 0.717) is 15.6 Å². The SMILES string of the molecule is CCCNC(c1ccc(Cl)cc1Cl)c1cccc(F)c1Cl. The van der Waals surface area contributed by atoms with E-state index in [9.17, 15) is 4.39 Å². The van der Waals surface area contributed by atoms with E-state index < -0.39 is 5.82 Å². The lowest BCUT2D eigenvalue weighted by molar-refractivity contribution is 0.586. The van der Waals surface area contributed by atoms with Gasteiger partial charge in [0.2, 0.25) is 0 Å². The molecule has 112 valence electrons. The number of hydrogen-bond donors (Lipinski definition) is 1. The van der Waals surface area contributed by atoms with Crippen molar-refractivity contribution in [1.29, 1.82) is 0 Å². The fourth-order valence-corrected chi connectivity index (χ4v) is 2.91. The van der Waals surface area contributed by atoms with Gasteiger partial charge in [0.1, 0.15) is 5.82 Å². The van der Waals surface area contributed by atoms with Crippen LogP contribution in [0.3, 0.4) is 0 Å². The molecule has 2 rings (SSSR count). The van der Waals surface area contributed by atoms with Crippen molar-refractivity contribution in [1.82, 2.24) is 5.32 Å². The van der Waals surface area contributed by atoms with Gasteiger partial charge in [-0.2, -0.15) is 0 Å². The molecule has 1 unspecified atom stereocenters. The molecule has 1 atom stereocenters. The Morgan fingerprint density at radius 3 is 2.52 bits per heavy atom. The Morgan fingerprint density at radius 1 is 1.10 bits per heavy atom. The maximum absolute atomic E-state index is 13.7. The van der Waals surface area contributed by atoms with E-state index in [0.717, 1.165) is 18.5 Å². The second-order valence-corrected chi connectivity index (χ2v) is 5.92. The van der Waals surface area contributed by atoms with Gasteiger partial charge in [0, 0.05) is 10.0 Å². The smallest absolute Gasteiger partial charge is 0.142 e. The van der Waals surface area contributed by atoms with Crippen molar-refractivity contribution in [3.05, 3.63) is 68.4 Å². The van der Waals surface area contributed by atoms with Crippen molar-refractivity contribution in [2.45, 2.75) is 19.4 Å². The summed E-state index contributed by atoms with van der Waals surface area (Å²) >= 11 is 18.3. The number of nitrogens with one attached hydrogen (secondary N) is 1. The first-order valence-electron chi connectivity index (χ1n) is 6.66. The number of hydrogen-bond acceptors (Lipinski definition) is 1. The number of halogens is 4. The van der Waals surface area contributed by atoms with Crippen LogP contribution in [-0.4, -0.2) is 6.54 Å². The molecule has 2 aromatic rings. The summed E-state index contributed by atoms with van der Waals surface area (Å²) in [4.78, 5) is 0. The van der Waals surface area contributed by atoms with Crippen molar-refractivity contribution in [2.24, 2.45) is 0 Å². The second-order valence-electron chi connectivity index (χ2n) is 4.70. The highest BCUT2D eigenvalue weighted by atomic mass is 35.5. The third-order valence-electron chi connectivity index (χ3n) is 3.16. The Kier molecular flexibility index (Phi) is 5.88. The fourth-order valence-electron chi connectivity index (χ4n) is 2.16. The highest BCUT2D eigenvalue weighted by Gasteiger charge is 2.20. The van der Waals surface area contributed by atoms with E-state index in [1.54, 1.807) is 24.3 Å². The standard InChI is InChI=1S/C16H15Cl3FN/c1-2-8-21-16(11-7-6-10(17)9-13(11)18)12-4-3-5-14(20)15(12)19/h3-7,9,16,21H,2,8H2,1H3. The van der Waals surface area contributed by atoms with Gasteiger partial charge in [-0.15, -0.1) is 0 Å². The quantitative estimate of drug-likeness (QED) is 0.713. The van der Waals surface area contributed by atoms with E-state index in [2.05, 4.69) is 12.2 Å². The van der Waals surface area contributed by atoms with Crippen LogP contribution in [0.5, 0.6) is 0 Å². The van der Waals surface area contributed by atoms with Crippen LogP contribution in [0, 0.1) is 5.82 Å². The molecule has 0 aliphatic carbocycles. The number of benzene rings is 2. The third-order valence-corrected chi connectivity index (χ3v) is 4.13. The molecule has 0 bridgehead atoms. The molecule has 0 spiro atoms. The van der Waals surface area contributed by atoms with Gasteiger partial charge >= 0.3 is 0 Å². The van der Waals surface area contributed by atoms with Gasteiger partial charge in [0.05, 0.1) is 11.1 Å². The van der Waals surface area contributed by atoms with Crippen LogP contribution in [0.25, 0.3) is 0 Å². The van der Waals surface area contributed by atoms with E-state index in [4.69, 9.17) is 34.8 Å². The summed E-state index contributed by atoms with van der Waals surface area (Å²) in [6.45, 7) is 2.82. The maximum atomic E-state index is 13.7. The minimum atomic E-state index is -0.442. The summed E-state index contributed by atoms with van der Waals surface area (Å²) in [7, 11) is 0. The molecule has 0 amide bonds.